The molecule has 1 aliphatic carbocycles. The van der Waals surface area contributed by atoms with E-state index in [-0.39, 0.29) is 5.75 Å². The van der Waals surface area contributed by atoms with Crippen LogP contribution in [0.15, 0.2) is 30.3 Å². The summed E-state index contributed by atoms with van der Waals surface area (Å²) in [5.74, 6) is 0.906. The zero-order valence-electron chi connectivity index (χ0n) is 11.3. The Morgan fingerprint density at radius 3 is 2.70 bits per heavy atom. The number of aryl methyl sites for hydroxylation is 2. The van der Waals surface area contributed by atoms with Gasteiger partial charge in [-0.3, -0.25) is 0 Å². The van der Waals surface area contributed by atoms with Crippen molar-refractivity contribution in [1.29, 1.82) is 5.26 Å². The molecule has 0 atom stereocenters. The molecule has 0 amide bonds. The number of phenolic OH excluding ortho intramolecular Hbond substituents is 1. The van der Waals surface area contributed by atoms with Crippen LogP contribution in [0.3, 0.4) is 0 Å². The summed E-state index contributed by atoms with van der Waals surface area (Å²) in [6.45, 7) is 0. The van der Waals surface area contributed by atoms with Crippen molar-refractivity contribution in [2.75, 3.05) is 11.9 Å². The van der Waals surface area contributed by atoms with E-state index in [0.29, 0.717) is 11.4 Å². The molecule has 1 aliphatic rings. The lowest BCUT2D eigenvalue weighted by molar-refractivity contribution is 0.475. The summed E-state index contributed by atoms with van der Waals surface area (Å²) in [5, 5.41) is 18.7. The number of nitriles is 1. The van der Waals surface area contributed by atoms with E-state index in [1.54, 1.807) is 12.1 Å². The first-order valence-corrected chi connectivity index (χ1v) is 6.64. The summed E-state index contributed by atoms with van der Waals surface area (Å²) in [6.07, 6.45) is 3.11. The highest BCUT2D eigenvalue weighted by Crippen LogP contribution is 2.30. The normalized spacial score (nSPS) is 12.8. The van der Waals surface area contributed by atoms with E-state index in [1.165, 1.54) is 5.56 Å². The highest BCUT2D eigenvalue weighted by molar-refractivity contribution is 5.66. The summed E-state index contributed by atoms with van der Waals surface area (Å²) in [4.78, 5) is 6.55. The number of phenols is 1. The van der Waals surface area contributed by atoms with Gasteiger partial charge in [-0.15, -0.1) is 0 Å². The van der Waals surface area contributed by atoms with E-state index >= 15 is 0 Å². The van der Waals surface area contributed by atoms with Crippen LogP contribution in [0.4, 0.5) is 11.5 Å². The maximum absolute atomic E-state index is 9.35. The number of nitrogens with zero attached hydrogens (tertiary/aromatic N) is 3. The highest BCUT2D eigenvalue weighted by Gasteiger charge is 2.19. The third-order valence-corrected chi connectivity index (χ3v) is 3.71. The fourth-order valence-electron chi connectivity index (χ4n) is 2.60. The van der Waals surface area contributed by atoms with Gasteiger partial charge in [0, 0.05) is 18.4 Å². The average molecular weight is 265 g/mol. The molecule has 0 spiro atoms. The Hall–Kier alpha value is -2.54. The zero-order valence-corrected chi connectivity index (χ0v) is 11.3. The van der Waals surface area contributed by atoms with Gasteiger partial charge in [-0.05, 0) is 55.2 Å². The van der Waals surface area contributed by atoms with Crippen molar-refractivity contribution in [3.05, 3.63) is 47.2 Å². The van der Waals surface area contributed by atoms with Crippen LogP contribution in [0, 0.1) is 11.3 Å². The maximum Gasteiger partial charge on any atom is 0.151 e. The summed E-state index contributed by atoms with van der Waals surface area (Å²) in [7, 11) is 1.89. The fourth-order valence-corrected chi connectivity index (χ4v) is 2.60. The average Bonchev–Trinajstić information content (AvgIpc) is 2.93. The van der Waals surface area contributed by atoms with Gasteiger partial charge in [0.05, 0.1) is 5.56 Å². The van der Waals surface area contributed by atoms with Crippen LogP contribution in [0.25, 0.3) is 0 Å². The molecule has 0 saturated heterocycles. The van der Waals surface area contributed by atoms with Crippen LogP contribution in [-0.2, 0) is 12.8 Å². The Balaban J connectivity index is 2.05. The number of benzene rings is 1. The van der Waals surface area contributed by atoms with Gasteiger partial charge < -0.3 is 10.0 Å². The minimum absolute atomic E-state index is 0.226. The van der Waals surface area contributed by atoms with Gasteiger partial charge in [-0.2, -0.15) is 5.26 Å². The van der Waals surface area contributed by atoms with E-state index in [2.05, 4.69) is 11.1 Å². The molecule has 0 saturated carbocycles. The lowest BCUT2D eigenvalue weighted by atomic mass is 10.1. The number of aromatic hydroxyl groups is 1. The van der Waals surface area contributed by atoms with Gasteiger partial charge in [-0.1, -0.05) is 0 Å². The molecule has 2 aromatic rings. The number of hydrogen-bond donors (Lipinski definition) is 1. The summed E-state index contributed by atoms with van der Waals surface area (Å²) < 4.78 is 0. The Bertz CT molecular complexity index is 686. The molecule has 4 nitrogen and oxygen atoms in total. The van der Waals surface area contributed by atoms with Gasteiger partial charge in [0.2, 0.25) is 0 Å². The van der Waals surface area contributed by atoms with Crippen LogP contribution in [-0.4, -0.2) is 17.1 Å². The van der Waals surface area contributed by atoms with Crippen molar-refractivity contribution >= 4 is 11.5 Å². The molecule has 4 heteroatoms. The molecule has 0 aliphatic heterocycles. The molecular formula is C16H15N3O. The van der Waals surface area contributed by atoms with Crippen LogP contribution in [0.2, 0.25) is 0 Å². The summed E-state index contributed by atoms with van der Waals surface area (Å²) in [6, 6.07) is 11.1. The molecular weight excluding hydrogens is 250 g/mol. The lowest BCUT2D eigenvalue weighted by Gasteiger charge is -2.20. The molecule has 0 bridgehead atoms. The van der Waals surface area contributed by atoms with Crippen LogP contribution >= 0.6 is 0 Å². The third kappa shape index (κ3) is 2.08. The molecule has 1 aromatic heterocycles. The predicted molar refractivity (Wildman–Crippen MR) is 77.1 cm³/mol. The molecule has 3 rings (SSSR count). The van der Waals surface area contributed by atoms with Gasteiger partial charge >= 0.3 is 0 Å². The Morgan fingerprint density at radius 1 is 1.25 bits per heavy atom. The lowest BCUT2D eigenvalue weighted by Crippen LogP contribution is -2.14. The molecule has 0 fully saturated rings. The highest BCUT2D eigenvalue weighted by atomic mass is 16.3. The van der Waals surface area contributed by atoms with Gasteiger partial charge in [0.1, 0.15) is 11.8 Å². The van der Waals surface area contributed by atoms with Crippen molar-refractivity contribution in [3.63, 3.8) is 0 Å². The first-order valence-electron chi connectivity index (χ1n) is 6.64. The van der Waals surface area contributed by atoms with E-state index in [1.807, 2.05) is 30.1 Å². The number of hydrogen-bond acceptors (Lipinski definition) is 4. The van der Waals surface area contributed by atoms with Crippen molar-refractivity contribution < 1.29 is 5.11 Å². The fraction of sp³-hybridized carbons (Fsp3) is 0.250. The zero-order chi connectivity index (χ0) is 14.1. The van der Waals surface area contributed by atoms with Crippen molar-refractivity contribution in [2.24, 2.45) is 0 Å². The van der Waals surface area contributed by atoms with Crippen LogP contribution in [0.1, 0.15) is 23.2 Å². The second kappa shape index (κ2) is 4.86. The molecule has 1 aromatic carbocycles. The Morgan fingerprint density at radius 2 is 2.00 bits per heavy atom. The number of rotatable bonds is 2. The van der Waals surface area contributed by atoms with Gasteiger partial charge in [-0.25, -0.2) is 4.98 Å². The smallest absolute Gasteiger partial charge is 0.151 e. The third-order valence-electron chi connectivity index (χ3n) is 3.71. The van der Waals surface area contributed by atoms with Crippen molar-refractivity contribution in [1.82, 2.24) is 4.98 Å². The second-order valence-corrected chi connectivity index (χ2v) is 5.01. The van der Waals surface area contributed by atoms with Crippen LogP contribution in [0.5, 0.6) is 5.75 Å². The SMILES string of the molecule is CN(c1ccc(O)cc1)c1nc2c(cc1C#N)CCC2. The largest absolute Gasteiger partial charge is 0.508 e. The predicted octanol–water partition coefficient (Wildman–Crippen LogP) is 2.92. The molecule has 20 heavy (non-hydrogen) atoms. The topological polar surface area (TPSA) is 60.1 Å². The van der Waals surface area contributed by atoms with Crippen LogP contribution < -0.4 is 4.90 Å². The standard InChI is InChI=1S/C16H15N3O/c1-19(13-5-7-14(20)8-6-13)16-12(10-17)9-11-3-2-4-15(11)18-16/h5-9,20H,2-4H2,1H3. The number of fused-ring (bicyclic) bond motifs is 1. The second-order valence-electron chi connectivity index (χ2n) is 5.01. The monoisotopic (exact) mass is 265 g/mol. The maximum atomic E-state index is 9.35. The molecule has 0 unspecified atom stereocenters. The number of pyridine rings is 1. The van der Waals surface area contributed by atoms with Crippen molar-refractivity contribution in [3.8, 4) is 11.8 Å². The quantitative estimate of drug-likeness (QED) is 0.907. The Labute approximate surface area is 117 Å². The molecule has 100 valence electrons. The van der Waals surface area contributed by atoms with E-state index in [0.717, 1.165) is 30.6 Å². The van der Waals surface area contributed by atoms with Crippen molar-refractivity contribution in [2.45, 2.75) is 19.3 Å². The summed E-state index contributed by atoms with van der Waals surface area (Å²) in [5.41, 5.74) is 3.79. The minimum atomic E-state index is 0.226. The van der Waals surface area contributed by atoms with E-state index < -0.39 is 0 Å². The minimum Gasteiger partial charge on any atom is -0.508 e. The molecule has 0 radical (unpaired) electrons. The Kier molecular flexibility index (Phi) is 3.03. The number of anilines is 2. The molecule has 1 heterocycles. The first kappa shape index (κ1) is 12.5. The van der Waals surface area contributed by atoms with E-state index in [4.69, 9.17) is 0 Å². The molecule has 1 N–H and O–H groups in total. The first-order chi connectivity index (χ1) is 9.69. The van der Waals surface area contributed by atoms with Gasteiger partial charge in [0.15, 0.2) is 5.82 Å². The van der Waals surface area contributed by atoms with Gasteiger partial charge in [0.25, 0.3) is 0 Å². The van der Waals surface area contributed by atoms with E-state index in [9.17, 15) is 10.4 Å². The number of aromatic nitrogens is 1. The summed E-state index contributed by atoms with van der Waals surface area (Å²) >= 11 is 0.